The molecule has 1 atom stereocenters. The van der Waals surface area contributed by atoms with E-state index in [4.69, 9.17) is 4.74 Å². The van der Waals surface area contributed by atoms with Crippen molar-refractivity contribution < 1.29 is 17.9 Å². The van der Waals surface area contributed by atoms with E-state index in [1.807, 2.05) is 30.5 Å². The van der Waals surface area contributed by atoms with Gasteiger partial charge in [-0.15, -0.1) is 11.3 Å². The van der Waals surface area contributed by atoms with Gasteiger partial charge in [-0.2, -0.15) is 0 Å². The van der Waals surface area contributed by atoms with Crippen molar-refractivity contribution in [3.8, 4) is 5.75 Å². The van der Waals surface area contributed by atoms with Gasteiger partial charge in [-0.05, 0) is 61.0 Å². The zero-order chi connectivity index (χ0) is 20.9. The molecule has 1 fully saturated rings. The van der Waals surface area contributed by atoms with Crippen LogP contribution in [0.2, 0.25) is 0 Å². The lowest BCUT2D eigenvalue weighted by molar-refractivity contribution is 0.0683. The van der Waals surface area contributed by atoms with E-state index in [0.717, 1.165) is 35.5 Å². The predicted molar refractivity (Wildman–Crippen MR) is 117 cm³/mol. The van der Waals surface area contributed by atoms with E-state index < -0.39 is 9.84 Å². The van der Waals surface area contributed by atoms with Crippen molar-refractivity contribution in [3.05, 3.63) is 51.7 Å². The standard InChI is InChI=1S/C22H29NO4S2/c1-3-4-5-12-27-20-8-6-18(7-9-20)22(24)23(15-21-17(2)10-13-28-21)19-11-14-29(25,26)16-19/h6-10,13,19H,3-5,11-12,14-16H2,1-2H3/t19-/m1/s1. The molecular weight excluding hydrogens is 406 g/mol. The molecule has 1 aliphatic rings. The third-order valence-corrected chi connectivity index (χ3v) is 8.07. The summed E-state index contributed by atoms with van der Waals surface area (Å²) in [6.07, 6.45) is 3.80. The summed E-state index contributed by atoms with van der Waals surface area (Å²) in [5.74, 6) is 0.816. The molecule has 3 rings (SSSR count). The minimum absolute atomic E-state index is 0.0434. The van der Waals surface area contributed by atoms with Crippen molar-refractivity contribution in [1.82, 2.24) is 4.90 Å². The molecule has 1 aliphatic heterocycles. The first-order valence-electron chi connectivity index (χ1n) is 10.2. The number of aryl methyl sites for hydroxylation is 1. The highest BCUT2D eigenvalue weighted by molar-refractivity contribution is 7.91. The monoisotopic (exact) mass is 435 g/mol. The Morgan fingerprint density at radius 3 is 2.55 bits per heavy atom. The Morgan fingerprint density at radius 1 is 1.21 bits per heavy atom. The van der Waals surface area contributed by atoms with Gasteiger partial charge in [0.15, 0.2) is 9.84 Å². The Bertz CT molecular complexity index is 919. The molecule has 0 radical (unpaired) electrons. The summed E-state index contributed by atoms with van der Waals surface area (Å²) in [4.78, 5) is 16.1. The second-order valence-electron chi connectivity index (χ2n) is 7.60. The molecule has 0 spiro atoms. The van der Waals surface area contributed by atoms with E-state index in [0.29, 0.717) is 25.1 Å². The summed E-state index contributed by atoms with van der Waals surface area (Å²) < 4.78 is 29.8. The van der Waals surface area contributed by atoms with Gasteiger partial charge in [0.1, 0.15) is 5.75 Å². The van der Waals surface area contributed by atoms with Gasteiger partial charge >= 0.3 is 0 Å². The van der Waals surface area contributed by atoms with Crippen molar-refractivity contribution in [1.29, 1.82) is 0 Å². The molecule has 2 aromatic rings. The Balaban J connectivity index is 1.74. The number of amides is 1. The van der Waals surface area contributed by atoms with Gasteiger partial charge in [0.25, 0.3) is 5.91 Å². The maximum atomic E-state index is 13.3. The SMILES string of the molecule is CCCCCOc1ccc(C(=O)N(Cc2sccc2C)[C@@H]2CCS(=O)(=O)C2)cc1. The fourth-order valence-corrected chi connectivity index (χ4v) is 6.15. The maximum absolute atomic E-state index is 13.3. The molecule has 0 bridgehead atoms. The van der Waals surface area contributed by atoms with Crippen LogP contribution in [0.4, 0.5) is 0 Å². The molecular formula is C22H29NO4S2. The normalized spacial score (nSPS) is 17.9. The molecule has 5 nitrogen and oxygen atoms in total. The average Bonchev–Trinajstić information content (AvgIpc) is 3.27. The van der Waals surface area contributed by atoms with Gasteiger partial charge in [0.2, 0.25) is 0 Å². The van der Waals surface area contributed by atoms with E-state index in [1.54, 1.807) is 28.4 Å². The lowest BCUT2D eigenvalue weighted by Gasteiger charge is -2.28. The number of hydrogen-bond donors (Lipinski definition) is 0. The van der Waals surface area contributed by atoms with Crippen LogP contribution in [0.3, 0.4) is 0 Å². The first-order valence-corrected chi connectivity index (χ1v) is 12.9. The summed E-state index contributed by atoms with van der Waals surface area (Å²) in [6.45, 7) is 5.28. The van der Waals surface area contributed by atoms with E-state index in [9.17, 15) is 13.2 Å². The molecule has 0 saturated carbocycles. The third-order valence-electron chi connectivity index (χ3n) is 5.31. The molecule has 0 unspecified atom stereocenters. The number of benzene rings is 1. The number of carbonyl (C=O) groups excluding carboxylic acids is 1. The number of rotatable bonds is 9. The van der Waals surface area contributed by atoms with Crippen LogP contribution in [0.5, 0.6) is 5.75 Å². The smallest absolute Gasteiger partial charge is 0.254 e. The highest BCUT2D eigenvalue weighted by atomic mass is 32.2. The summed E-state index contributed by atoms with van der Waals surface area (Å²) in [7, 11) is -3.08. The van der Waals surface area contributed by atoms with Crippen molar-refractivity contribution in [2.75, 3.05) is 18.1 Å². The topological polar surface area (TPSA) is 63.7 Å². The van der Waals surface area contributed by atoms with Crippen molar-refractivity contribution in [3.63, 3.8) is 0 Å². The van der Waals surface area contributed by atoms with Crippen LogP contribution in [0.1, 0.15) is 53.4 Å². The van der Waals surface area contributed by atoms with Gasteiger partial charge in [-0.25, -0.2) is 8.42 Å². The summed E-state index contributed by atoms with van der Waals surface area (Å²) in [6, 6.07) is 8.93. The largest absolute Gasteiger partial charge is 0.494 e. The van der Waals surface area contributed by atoms with Gasteiger partial charge < -0.3 is 9.64 Å². The molecule has 1 saturated heterocycles. The molecule has 1 amide bonds. The van der Waals surface area contributed by atoms with Crippen molar-refractivity contribution in [2.24, 2.45) is 0 Å². The number of nitrogens with zero attached hydrogens (tertiary/aromatic N) is 1. The number of unbranched alkanes of at least 4 members (excludes halogenated alkanes) is 2. The fourth-order valence-electron chi connectivity index (χ4n) is 3.51. The zero-order valence-electron chi connectivity index (χ0n) is 17.1. The van der Waals surface area contributed by atoms with Crippen molar-refractivity contribution in [2.45, 2.75) is 52.1 Å². The van der Waals surface area contributed by atoms with Crippen LogP contribution < -0.4 is 4.74 Å². The van der Waals surface area contributed by atoms with Gasteiger partial charge in [-0.1, -0.05) is 19.8 Å². The number of carbonyl (C=O) groups is 1. The molecule has 158 valence electrons. The Kier molecular flexibility index (Phi) is 7.35. The van der Waals surface area contributed by atoms with Gasteiger partial charge in [0, 0.05) is 16.5 Å². The quantitative estimate of drug-likeness (QED) is 0.546. The minimum Gasteiger partial charge on any atom is -0.494 e. The summed E-state index contributed by atoms with van der Waals surface area (Å²) in [5, 5.41) is 2.00. The second-order valence-corrected chi connectivity index (χ2v) is 10.8. The van der Waals surface area contributed by atoms with Crippen LogP contribution in [-0.2, 0) is 16.4 Å². The zero-order valence-corrected chi connectivity index (χ0v) is 18.7. The van der Waals surface area contributed by atoms with E-state index in [1.165, 1.54) is 0 Å². The van der Waals surface area contributed by atoms with Crippen LogP contribution in [0.15, 0.2) is 35.7 Å². The number of thiophene rings is 1. The molecule has 7 heteroatoms. The molecule has 0 aliphatic carbocycles. The highest BCUT2D eigenvalue weighted by Gasteiger charge is 2.35. The third kappa shape index (κ3) is 5.82. The average molecular weight is 436 g/mol. The van der Waals surface area contributed by atoms with E-state index in [-0.39, 0.29) is 23.5 Å². The molecule has 1 aromatic carbocycles. The molecule has 29 heavy (non-hydrogen) atoms. The Hall–Kier alpha value is -1.86. The van der Waals surface area contributed by atoms with Crippen LogP contribution in [0.25, 0.3) is 0 Å². The summed E-state index contributed by atoms with van der Waals surface area (Å²) in [5.41, 5.74) is 1.69. The first kappa shape index (κ1) is 21.8. The van der Waals surface area contributed by atoms with E-state index in [2.05, 4.69) is 6.92 Å². The highest BCUT2D eigenvalue weighted by Crippen LogP contribution is 2.26. The van der Waals surface area contributed by atoms with E-state index >= 15 is 0 Å². The van der Waals surface area contributed by atoms with Gasteiger partial charge in [-0.3, -0.25) is 4.79 Å². The Morgan fingerprint density at radius 2 is 1.97 bits per heavy atom. The summed E-state index contributed by atoms with van der Waals surface area (Å²) >= 11 is 1.60. The predicted octanol–water partition coefficient (Wildman–Crippen LogP) is 4.46. The van der Waals surface area contributed by atoms with Crippen molar-refractivity contribution >= 4 is 27.1 Å². The lowest BCUT2D eigenvalue weighted by atomic mass is 10.1. The van der Waals surface area contributed by atoms with Crippen LogP contribution in [-0.4, -0.2) is 43.4 Å². The number of sulfone groups is 1. The number of hydrogen-bond acceptors (Lipinski definition) is 5. The molecule has 2 heterocycles. The van der Waals surface area contributed by atoms with Crippen LogP contribution >= 0.6 is 11.3 Å². The maximum Gasteiger partial charge on any atom is 0.254 e. The second kappa shape index (κ2) is 9.76. The number of ether oxygens (including phenoxy) is 1. The lowest BCUT2D eigenvalue weighted by Crippen LogP contribution is -2.40. The molecule has 0 N–H and O–H groups in total. The van der Waals surface area contributed by atoms with Gasteiger partial charge in [0.05, 0.1) is 24.7 Å². The fraction of sp³-hybridized carbons (Fsp3) is 0.500. The molecule has 1 aromatic heterocycles. The Labute approximate surface area is 177 Å². The van der Waals surface area contributed by atoms with Crippen LogP contribution in [0, 0.1) is 6.92 Å². The first-order chi connectivity index (χ1) is 13.9. The minimum atomic E-state index is -3.08.